The van der Waals surface area contributed by atoms with E-state index in [9.17, 15) is 4.79 Å². The lowest BCUT2D eigenvalue weighted by molar-refractivity contribution is 0.0893. The monoisotopic (exact) mass is 192 g/mol. The summed E-state index contributed by atoms with van der Waals surface area (Å²) in [6.07, 6.45) is 5.48. The molecule has 0 radical (unpaired) electrons. The van der Waals surface area contributed by atoms with E-state index in [1.54, 1.807) is 24.0 Å². The third kappa shape index (κ3) is 1.69. The van der Waals surface area contributed by atoms with Gasteiger partial charge in [-0.15, -0.1) is 0 Å². The van der Waals surface area contributed by atoms with Gasteiger partial charge in [0.1, 0.15) is 5.69 Å². The van der Waals surface area contributed by atoms with Crippen molar-refractivity contribution in [3.63, 3.8) is 0 Å². The van der Waals surface area contributed by atoms with Crippen LogP contribution in [0.3, 0.4) is 0 Å². The van der Waals surface area contributed by atoms with Crippen LogP contribution in [0.2, 0.25) is 0 Å². The van der Waals surface area contributed by atoms with Gasteiger partial charge < -0.3 is 4.74 Å². The Morgan fingerprint density at radius 1 is 1.64 bits per heavy atom. The summed E-state index contributed by atoms with van der Waals surface area (Å²) in [6.45, 7) is 0.629. The van der Waals surface area contributed by atoms with Crippen LogP contribution in [0.25, 0.3) is 0 Å². The van der Waals surface area contributed by atoms with E-state index >= 15 is 0 Å². The molecule has 4 heteroatoms. The van der Waals surface area contributed by atoms with Crippen LogP contribution in [0.15, 0.2) is 24.1 Å². The molecule has 2 heterocycles. The first kappa shape index (κ1) is 8.99. The highest BCUT2D eigenvalue weighted by Gasteiger charge is 2.17. The number of allylic oxidation sites excluding steroid dienone is 2. The number of hydrogen-bond donors (Lipinski definition) is 0. The average molecular weight is 192 g/mol. The number of carbonyl (C=O) groups excluding carboxylic acids is 1. The van der Waals surface area contributed by atoms with Gasteiger partial charge in [-0.2, -0.15) is 5.10 Å². The maximum Gasteiger partial charge on any atom is 0.247 e. The van der Waals surface area contributed by atoms with E-state index in [1.807, 2.05) is 6.08 Å². The zero-order valence-electron chi connectivity index (χ0n) is 8.06. The first-order chi connectivity index (χ1) is 6.77. The smallest absolute Gasteiger partial charge is 0.247 e. The zero-order chi connectivity index (χ0) is 9.97. The summed E-state index contributed by atoms with van der Waals surface area (Å²) in [5, 5.41) is 4.03. The molecule has 4 nitrogen and oxygen atoms in total. The third-order valence-electron chi connectivity index (χ3n) is 2.11. The van der Waals surface area contributed by atoms with Crippen molar-refractivity contribution in [2.24, 2.45) is 7.05 Å². The van der Waals surface area contributed by atoms with Gasteiger partial charge in [-0.3, -0.25) is 9.48 Å². The van der Waals surface area contributed by atoms with E-state index in [-0.39, 0.29) is 5.78 Å². The van der Waals surface area contributed by atoms with Crippen molar-refractivity contribution in [3.8, 4) is 0 Å². The molecule has 2 rings (SSSR count). The maximum absolute atomic E-state index is 11.7. The van der Waals surface area contributed by atoms with Gasteiger partial charge in [-0.25, -0.2) is 0 Å². The predicted octanol–water partition coefficient (Wildman–Crippen LogP) is 1.30. The SMILES string of the molecule is Cn1ccc(C(=O)C2=CCCCO2)n1. The van der Waals surface area contributed by atoms with Crippen molar-refractivity contribution in [1.82, 2.24) is 9.78 Å². The summed E-state index contributed by atoms with van der Waals surface area (Å²) in [5.74, 6) is 0.320. The van der Waals surface area contributed by atoms with Gasteiger partial charge in [0, 0.05) is 13.2 Å². The molecule has 1 aromatic heterocycles. The first-order valence-corrected chi connectivity index (χ1v) is 4.64. The number of rotatable bonds is 2. The molecule has 1 aliphatic rings. The Kier molecular flexibility index (Phi) is 2.35. The summed E-state index contributed by atoms with van der Waals surface area (Å²) in [4.78, 5) is 11.7. The van der Waals surface area contributed by atoms with Crippen LogP contribution >= 0.6 is 0 Å². The molecule has 74 valence electrons. The van der Waals surface area contributed by atoms with Gasteiger partial charge in [0.05, 0.1) is 6.61 Å². The van der Waals surface area contributed by atoms with E-state index in [4.69, 9.17) is 4.74 Å². The Morgan fingerprint density at radius 2 is 2.50 bits per heavy atom. The minimum absolute atomic E-state index is 0.120. The number of carbonyl (C=O) groups is 1. The molecule has 0 N–H and O–H groups in total. The van der Waals surface area contributed by atoms with Crippen LogP contribution in [0.4, 0.5) is 0 Å². The molecule has 14 heavy (non-hydrogen) atoms. The molecule has 1 aliphatic heterocycles. The fraction of sp³-hybridized carbons (Fsp3) is 0.400. The van der Waals surface area contributed by atoms with Crippen LogP contribution in [0.1, 0.15) is 23.3 Å². The number of ketones is 1. The molecule has 0 atom stereocenters. The summed E-state index contributed by atoms with van der Waals surface area (Å²) >= 11 is 0. The van der Waals surface area contributed by atoms with Crippen molar-refractivity contribution < 1.29 is 9.53 Å². The van der Waals surface area contributed by atoms with Crippen molar-refractivity contribution in [2.45, 2.75) is 12.8 Å². The Labute approximate surface area is 82.2 Å². The van der Waals surface area contributed by atoms with Crippen LogP contribution in [-0.4, -0.2) is 22.2 Å². The Balaban J connectivity index is 2.19. The summed E-state index contributed by atoms with van der Waals surface area (Å²) in [6, 6.07) is 1.70. The fourth-order valence-electron chi connectivity index (χ4n) is 1.38. The highest BCUT2D eigenvalue weighted by Crippen LogP contribution is 2.14. The van der Waals surface area contributed by atoms with E-state index in [1.165, 1.54) is 0 Å². The summed E-state index contributed by atoms with van der Waals surface area (Å²) < 4.78 is 6.87. The molecular weight excluding hydrogens is 180 g/mol. The molecule has 0 saturated heterocycles. The normalized spacial score (nSPS) is 15.9. The van der Waals surface area contributed by atoms with Crippen molar-refractivity contribution >= 4 is 5.78 Å². The van der Waals surface area contributed by atoms with Gasteiger partial charge in [0.15, 0.2) is 5.76 Å². The van der Waals surface area contributed by atoms with E-state index < -0.39 is 0 Å². The van der Waals surface area contributed by atoms with Crippen LogP contribution in [0.5, 0.6) is 0 Å². The number of nitrogens with zero attached hydrogens (tertiary/aromatic N) is 2. The Hall–Kier alpha value is -1.58. The van der Waals surface area contributed by atoms with Gasteiger partial charge in [-0.1, -0.05) is 0 Å². The minimum atomic E-state index is -0.120. The second kappa shape index (κ2) is 3.65. The van der Waals surface area contributed by atoms with Crippen LogP contribution in [-0.2, 0) is 11.8 Å². The second-order valence-electron chi connectivity index (χ2n) is 3.26. The van der Waals surface area contributed by atoms with Crippen molar-refractivity contribution in [1.29, 1.82) is 0 Å². The number of hydrogen-bond acceptors (Lipinski definition) is 3. The lowest BCUT2D eigenvalue weighted by atomic mass is 10.1. The quantitative estimate of drug-likeness (QED) is 0.663. The van der Waals surface area contributed by atoms with Crippen LogP contribution in [0, 0.1) is 0 Å². The molecule has 0 bridgehead atoms. The van der Waals surface area contributed by atoms with Crippen molar-refractivity contribution in [3.05, 3.63) is 29.8 Å². The van der Waals surface area contributed by atoms with E-state index in [0.29, 0.717) is 18.1 Å². The summed E-state index contributed by atoms with van der Waals surface area (Å²) in [7, 11) is 1.78. The highest BCUT2D eigenvalue weighted by atomic mass is 16.5. The molecule has 0 amide bonds. The molecule has 1 aromatic rings. The zero-order valence-corrected chi connectivity index (χ0v) is 8.06. The number of aryl methyl sites for hydroxylation is 1. The van der Waals surface area contributed by atoms with Gasteiger partial charge in [0.2, 0.25) is 5.78 Å². The first-order valence-electron chi connectivity index (χ1n) is 4.64. The van der Waals surface area contributed by atoms with Gasteiger partial charge in [0.25, 0.3) is 0 Å². The van der Waals surface area contributed by atoms with E-state index in [2.05, 4.69) is 5.10 Å². The summed E-state index contributed by atoms with van der Waals surface area (Å²) in [5.41, 5.74) is 0.445. The number of aromatic nitrogens is 2. The maximum atomic E-state index is 11.7. The molecule has 0 aromatic carbocycles. The van der Waals surface area contributed by atoms with Gasteiger partial charge >= 0.3 is 0 Å². The Bertz CT molecular complexity index is 379. The number of ether oxygens (including phenoxy) is 1. The predicted molar refractivity (Wildman–Crippen MR) is 50.8 cm³/mol. The molecule has 0 saturated carbocycles. The van der Waals surface area contributed by atoms with Crippen molar-refractivity contribution in [2.75, 3.05) is 6.61 Å². The lowest BCUT2D eigenvalue weighted by Gasteiger charge is -2.12. The highest BCUT2D eigenvalue weighted by molar-refractivity contribution is 6.05. The average Bonchev–Trinajstić information content (AvgIpc) is 2.65. The number of Topliss-reactive ketones (excluding diaryl/α,β-unsaturated/α-hetero) is 1. The van der Waals surface area contributed by atoms with Gasteiger partial charge in [-0.05, 0) is 25.0 Å². The van der Waals surface area contributed by atoms with Crippen LogP contribution < -0.4 is 0 Å². The van der Waals surface area contributed by atoms with E-state index in [0.717, 1.165) is 12.8 Å². The molecule has 0 unspecified atom stereocenters. The third-order valence-corrected chi connectivity index (χ3v) is 2.11. The molecule has 0 spiro atoms. The Morgan fingerprint density at radius 3 is 3.07 bits per heavy atom. The lowest BCUT2D eigenvalue weighted by Crippen LogP contribution is -2.12. The standard InChI is InChI=1S/C10H12N2O2/c1-12-6-5-8(11-12)10(13)9-4-2-3-7-14-9/h4-6H,2-3,7H2,1H3. The second-order valence-corrected chi connectivity index (χ2v) is 3.26. The largest absolute Gasteiger partial charge is 0.490 e. The fourth-order valence-corrected chi connectivity index (χ4v) is 1.38. The minimum Gasteiger partial charge on any atom is -0.490 e. The molecule has 0 aliphatic carbocycles. The molecular formula is C10H12N2O2. The molecule has 0 fully saturated rings. The topological polar surface area (TPSA) is 44.1 Å².